The van der Waals surface area contributed by atoms with Crippen molar-refractivity contribution in [2.75, 3.05) is 13.2 Å². The monoisotopic (exact) mass is 329 g/mol. The van der Waals surface area contributed by atoms with E-state index in [4.69, 9.17) is 9.26 Å². The number of piperidine rings is 1. The number of esters is 1. The molecule has 3 heterocycles. The zero-order chi connectivity index (χ0) is 16.8. The van der Waals surface area contributed by atoms with Crippen molar-refractivity contribution in [2.45, 2.75) is 45.2 Å². The van der Waals surface area contributed by atoms with E-state index in [9.17, 15) is 4.79 Å². The Morgan fingerprint density at radius 2 is 2.29 bits per heavy atom. The molecular formula is C18H23N3O3. The normalized spacial score (nSPS) is 18.5. The quantitative estimate of drug-likeness (QED) is 0.759. The van der Waals surface area contributed by atoms with E-state index in [0.717, 1.165) is 43.0 Å². The van der Waals surface area contributed by atoms with E-state index in [-0.39, 0.29) is 12.0 Å². The van der Waals surface area contributed by atoms with Gasteiger partial charge in [0.05, 0.1) is 25.3 Å². The molecule has 2 aromatic heterocycles. The van der Waals surface area contributed by atoms with Gasteiger partial charge in [-0.05, 0) is 38.4 Å². The first-order chi connectivity index (χ1) is 11.8. The Hall–Kier alpha value is -2.21. The zero-order valence-corrected chi connectivity index (χ0v) is 14.0. The highest BCUT2D eigenvalue weighted by molar-refractivity contribution is 5.70. The van der Waals surface area contributed by atoms with E-state index in [1.165, 1.54) is 0 Å². The Labute approximate surface area is 141 Å². The van der Waals surface area contributed by atoms with Crippen LogP contribution in [0.25, 0.3) is 11.4 Å². The summed E-state index contributed by atoms with van der Waals surface area (Å²) in [5.41, 5.74) is 1.54. The SMILES string of the molecule is CCOC(=O)C[C@H]1CCCCN1Cc1cc(-c2ccccn2)no1. The van der Waals surface area contributed by atoms with Gasteiger partial charge in [0.2, 0.25) is 0 Å². The second-order valence-corrected chi connectivity index (χ2v) is 6.02. The summed E-state index contributed by atoms with van der Waals surface area (Å²) in [4.78, 5) is 18.4. The van der Waals surface area contributed by atoms with Gasteiger partial charge in [0.1, 0.15) is 5.69 Å². The summed E-state index contributed by atoms with van der Waals surface area (Å²) in [6, 6.07) is 7.85. The minimum Gasteiger partial charge on any atom is -0.466 e. The van der Waals surface area contributed by atoms with Crippen LogP contribution >= 0.6 is 0 Å². The predicted octanol–water partition coefficient (Wildman–Crippen LogP) is 3.04. The van der Waals surface area contributed by atoms with Crippen LogP contribution in [0.4, 0.5) is 0 Å². The molecule has 6 nitrogen and oxygen atoms in total. The molecular weight excluding hydrogens is 306 g/mol. The molecule has 3 rings (SSSR count). The number of rotatable bonds is 6. The lowest BCUT2D eigenvalue weighted by molar-refractivity contribution is -0.145. The zero-order valence-electron chi connectivity index (χ0n) is 14.0. The van der Waals surface area contributed by atoms with Gasteiger partial charge in [0, 0.05) is 18.3 Å². The largest absolute Gasteiger partial charge is 0.466 e. The first kappa shape index (κ1) is 16.6. The van der Waals surface area contributed by atoms with Crippen molar-refractivity contribution in [3.63, 3.8) is 0 Å². The lowest BCUT2D eigenvalue weighted by atomic mass is 9.99. The summed E-state index contributed by atoms with van der Waals surface area (Å²) in [6.07, 6.45) is 5.48. The van der Waals surface area contributed by atoms with E-state index in [2.05, 4.69) is 15.0 Å². The van der Waals surface area contributed by atoms with Crippen LogP contribution in [-0.2, 0) is 16.1 Å². The van der Waals surface area contributed by atoms with Gasteiger partial charge in [-0.1, -0.05) is 17.6 Å². The molecule has 6 heteroatoms. The summed E-state index contributed by atoms with van der Waals surface area (Å²) < 4.78 is 10.6. The summed E-state index contributed by atoms with van der Waals surface area (Å²) in [6.45, 7) is 3.89. The van der Waals surface area contributed by atoms with Crippen LogP contribution in [0.15, 0.2) is 35.0 Å². The van der Waals surface area contributed by atoms with E-state index < -0.39 is 0 Å². The smallest absolute Gasteiger partial charge is 0.307 e. The minimum atomic E-state index is -0.124. The molecule has 0 spiro atoms. The molecule has 0 aliphatic carbocycles. The second kappa shape index (κ2) is 8.06. The van der Waals surface area contributed by atoms with E-state index in [0.29, 0.717) is 19.6 Å². The Morgan fingerprint density at radius 1 is 1.38 bits per heavy atom. The third-order valence-electron chi connectivity index (χ3n) is 4.30. The van der Waals surface area contributed by atoms with Gasteiger partial charge in [-0.3, -0.25) is 14.7 Å². The molecule has 0 amide bonds. The van der Waals surface area contributed by atoms with Gasteiger partial charge in [-0.15, -0.1) is 0 Å². The highest BCUT2D eigenvalue weighted by atomic mass is 16.5. The fourth-order valence-electron chi connectivity index (χ4n) is 3.13. The van der Waals surface area contributed by atoms with Crippen molar-refractivity contribution in [2.24, 2.45) is 0 Å². The van der Waals surface area contributed by atoms with Crippen LogP contribution in [0.3, 0.4) is 0 Å². The summed E-state index contributed by atoms with van der Waals surface area (Å²) in [5.74, 6) is 0.674. The third-order valence-corrected chi connectivity index (χ3v) is 4.30. The molecule has 0 N–H and O–H groups in total. The number of ether oxygens (including phenoxy) is 1. The van der Waals surface area contributed by atoms with Crippen LogP contribution in [0, 0.1) is 0 Å². The molecule has 128 valence electrons. The standard InChI is InChI=1S/C18H23N3O3/c1-2-23-18(22)11-14-7-4-6-10-21(14)13-15-12-17(20-24-15)16-8-3-5-9-19-16/h3,5,8-9,12,14H,2,4,6-7,10-11,13H2,1H3/t14-/m1/s1. The average Bonchev–Trinajstić information content (AvgIpc) is 3.06. The highest BCUT2D eigenvalue weighted by Crippen LogP contribution is 2.24. The van der Waals surface area contributed by atoms with E-state index in [1.807, 2.05) is 31.2 Å². The van der Waals surface area contributed by atoms with Crippen molar-refractivity contribution in [1.82, 2.24) is 15.0 Å². The minimum absolute atomic E-state index is 0.124. The predicted molar refractivity (Wildman–Crippen MR) is 89.0 cm³/mol. The van der Waals surface area contributed by atoms with Gasteiger partial charge in [0.25, 0.3) is 0 Å². The molecule has 1 fully saturated rings. The van der Waals surface area contributed by atoms with Crippen LogP contribution in [0.1, 0.15) is 38.4 Å². The maximum atomic E-state index is 11.8. The summed E-state index contributed by atoms with van der Waals surface area (Å²) in [5, 5.41) is 4.11. The van der Waals surface area contributed by atoms with Crippen molar-refractivity contribution < 1.29 is 14.1 Å². The molecule has 0 radical (unpaired) electrons. The fraction of sp³-hybridized carbons (Fsp3) is 0.500. The summed E-state index contributed by atoms with van der Waals surface area (Å²) in [7, 11) is 0. The van der Waals surface area contributed by atoms with Crippen LogP contribution in [0.5, 0.6) is 0 Å². The Bertz CT molecular complexity index is 657. The first-order valence-electron chi connectivity index (χ1n) is 8.53. The lowest BCUT2D eigenvalue weighted by Gasteiger charge is -2.34. The Balaban J connectivity index is 1.65. The molecule has 24 heavy (non-hydrogen) atoms. The maximum Gasteiger partial charge on any atom is 0.307 e. The van der Waals surface area contributed by atoms with Crippen molar-refractivity contribution in [3.05, 3.63) is 36.2 Å². The van der Waals surface area contributed by atoms with Gasteiger partial charge < -0.3 is 9.26 Å². The number of hydrogen-bond donors (Lipinski definition) is 0. The third kappa shape index (κ3) is 4.20. The Morgan fingerprint density at radius 3 is 3.08 bits per heavy atom. The molecule has 1 atom stereocenters. The number of carbonyl (C=O) groups is 1. The van der Waals surface area contributed by atoms with Gasteiger partial charge in [-0.25, -0.2) is 0 Å². The van der Waals surface area contributed by atoms with E-state index >= 15 is 0 Å². The van der Waals surface area contributed by atoms with Crippen LogP contribution < -0.4 is 0 Å². The number of carbonyl (C=O) groups excluding carboxylic acids is 1. The number of pyridine rings is 1. The number of hydrogen-bond acceptors (Lipinski definition) is 6. The molecule has 0 saturated carbocycles. The first-order valence-corrected chi connectivity index (χ1v) is 8.53. The summed E-state index contributed by atoms with van der Waals surface area (Å²) >= 11 is 0. The molecule has 0 aromatic carbocycles. The molecule has 0 unspecified atom stereocenters. The molecule has 1 saturated heterocycles. The number of nitrogens with zero attached hydrogens (tertiary/aromatic N) is 3. The average molecular weight is 329 g/mol. The second-order valence-electron chi connectivity index (χ2n) is 6.02. The fourth-order valence-corrected chi connectivity index (χ4v) is 3.13. The molecule has 0 bridgehead atoms. The van der Waals surface area contributed by atoms with Gasteiger partial charge >= 0.3 is 5.97 Å². The molecule has 2 aromatic rings. The van der Waals surface area contributed by atoms with Crippen molar-refractivity contribution >= 4 is 5.97 Å². The van der Waals surface area contributed by atoms with Crippen LogP contribution in [-0.4, -0.2) is 40.2 Å². The molecule has 1 aliphatic rings. The Kier molecular flexibility index (Phi) is 5.59. The lowest BCUT2D eigenvalue weighted by Crippen LogP contribution is -2.40. The van der Waals surface area contributed by atoms with Gasteiger partial charge in [-0.2, -0.15) is 0 Å². The van der Waals surface area contributed by atoms with Crippen molar-refractivity contribution in [3.8, 4) is 11.4 Å². The van der Waals surface area contributed by atoms with Gasteiger partial charge in [0.15, 0.2) is 5.76 Å². The number of aromatic nitrogens is 2. The van der Waals surface area contributed by atoms with E-state index in [1.54, 1.807) is 6.20 Å². The number of likely N-dealkylation sites (tertiary alicyclic amines) is 1. The van der Waals surface area contributed by atoms with Crippen LogP contribution in [0.2, 0.25) is 0 Å². The maximum absolute atomic E-state index is 11.8. The highest BCUT2D eigenvalue weighted by Gasteiger charge is 2.26. The molecule has 1 aliphatic heterocycles. The topological polar surface area (TPSA) is 68.5 Å². The van der Waals surface area contributed by atoms with Crippen molar-refractivity contribution in [1.29, 1.82) is 0 Å².